The van der Waals surface area contributed by atoms with Gasteiger partial charge in [0.1, 0.15) is 5.75 Å². The minimum atomic E-state index is -0.0999. The number of unbranched alkanes of at least 4 members (excludes halogenated alkanes) is 3. The maximum atomic E-state index is 12.0. The van der Waals surface area contributed by atoms with Crippen molar-refractivity contribution in [2.45, 2.75) is 52.4 Å². The highest BCUT2D eigenvalue weighted by Crippen LogP contribution is 2.17. The van der Waals surface area contributed by atoms with Crippen LogP contribution in [0.2, 0.25) is 0 Å². The number of hydrogen-bond acceptors (Lipinski definition) is 3. The monoisotopic (exact) mass is 278 g/mol. The highest BCUT2D eigenvalue weighted by Gasteiger charge is 2.18. The van der Waals surface area contributed by atoms with Crippen LogP contribution in [0.4, 0.5) is 0 Å². The molecule has 112 valence electrons. The maximum absolute atomic E-state index is 12.0. The van der Waals surface area contributed by atoms with E-state index >= 15 is 0 Å². The van der Waals surface area contributed by atoms with Crippen LogP contribution in [0.3, 0.4) is 0 Å². The molecule has 1 aromatic carbocycles. The zero-order valence-corrected chi connectivity index (χ0v) is 12.6. The first kappa shape index (κ1) is 16.5. The van der Waals surface area contributed by atoms with Crippen molar-refractivity contribution in [1.82, 2.24) is 0 Å². The van der Waals surface area contributed by atoms with E-state index in [1.165, 1.54) is 12.8 Å². The van der Waals surface area contributed by atoms with Gasteiger partial charge in [0, 0.05) is 0 Å². The number of rotatable bonds is 9. The zero-order valence-electron chi connectivity index (χ0n) is 12.6. The average molecular weight is 278 g/mol. The minimum absolute atomic E-state index is 0.0919. The van der Waals surface area contributed by atoms with E-state index in [1.54, 1.807) is 12.1 Å². The number of carbonyl (C=O) groups excluding carboxylic acids is 1. The Kier molecular flexibility index (Phi) is 7.78. The lowest BCUT2D eigenvalue weighted by Gasteiger charge is -2.14. The zero-order chi connectivity index (χ0) is 14.8. The Labute approximate surface area is 122 Å². The van der Waals surface area contributed by atoms with E-state index in [0.717, 1.165) is 24.8 Å². The summed E-state index contributed by atoms with van der Waals surface area (Å²) in [6.07, 6.45) is 5.90. The van der Waals surface area contributed by atoms with Crippen molar-refractivity contribution >= 4 is 5.97 Å². The predicted octanol–water partition coefficient (Wildman–Crippen LogP) is 4.08. The van der Waals surface area contributed by atoms with Crippen molar-refractivity contribution in [3.63, 3.8) is 0 Å². The van der Waals surface area contributed by atoms with Gasteiger partial charge in [0.15, 0.2) is 0 Å². The van der Waals surface area contributed by atoms with Gasteiger partial charge < -0.3 is 9.84 Å². The van der Waals surface area contributed by atoms with Crippen molar-refractivity contribution in [3.05, 3.63) is 29.8 Å². The summed E-state index contributed by atoms with van der Waals surface area (Å²) in [5.41, 5.74) is 1.05. The number of carbonyl (C=O) groups is 1. The summed E-state index contributed by atoms with van der Waals surface area (Å²) < 4.78 is 5.35. The van der Waals surface area contributed by atoms with Crippen LogP contribution in [0.15, 0.2) is 24.3 Å². The van der Waals surface area contributed by atoms with Crippen LogP contribution in [-0.4, -0.2) is 17.7 Å². The summed E-state index contributed by atoms with van der Waals surface area (Å²) in [6.45, 7) is 4.70. The second kappa shape index (κ2) is 9.40. The Morgan fingerprint density at radius 3 is 2.45 bits per heavy atom. The van der Waals surface area contributed by atoms with E-state index in [9.17, 15) is 9.90 Å². The number of hydrogen-bond donors (Lipinski definition) is 1. The molecule has 0 aliphatic rings. The second-order valence-electron chi connectivity index (χ2n) is 5.20. The maximum Gasteiger partial charge on any atom is 0.309 e. The molecule has 1 rings (SSSR count). The van der Waals surface area contributed by atoms with Crippen LogP contribution < -0.4 is 0 Å². The van der Waals surface area contributed by atoms with Crippen LogP contribution in [0.25, 0.3) is 0 Å². The fourth-order valence-electron chi connectivity index (χ4n) is 2.13. The molecule has 0 aliphatic heterocycles. The number of benzene rings is 1. The third-order valence-electron chi connectivity index (χ3n) is 3.49. The smallest absolute Gasteiger partial charge is 0.309 e. The standard InChI is InChI=1S/C17H26O3/c1-3-5-6-7-12-20-17(19)15(4-2)13-14-8-10-16(18)11-9-14/h8-11,15,18H,3-7,12-13H2,1-2H3. The van der Waals surface area contributed by atoms with Crippen LogP contribution in [0.5, 0.6) is 5.75 Å². The van der Waals surface area contributed by atoms with E-state index in [1.807, 2.05) is 19.1 Å². The molecule has 0 spiro atoms. The molecule has 3 heteroatoms. The molecule has 0 saturated carbocycles. The molecule has 0 fully saturated rings. The molecular weight excluding hydrogens is 252 g/mol. The van der Waals surface area contributed by atoms with Crippen molar-refractivity contribution in [2.75, 3.05) is 6.61 Å². The normalized spacial score (nSPS) is 12.1. The summed E-state index contributed by atoms with van der Waals surface area (Å²) in [5.74, 6) is 0.0584. The quantitative estimate of drug-likeness (QED) is 0.547. The van der Waals surface area contributed by atoms with Gasteiger partial charge >= 0.3 is 5.97 Å². The van der Waals surface area contributed by atoms with Crippen LogP contribution >= 0.6 is 0 Å². The van der Waals surface area contributed by atoms with Crippen molar-refractivity contribution in [3.8, 4) is 5.75 Å². The number of phenolic OH excluding ortho intramolecular Hbond substituents is 1. The highest BCUT2D eigenvalue weighted by molar-refractivity contribution is 5.72. The molecule has 0 heterocycles. The van der Waals surface area contributed by atoms with E-state index < -0.39 is 0 Å². The van der Waals surface area contributed by atoms with E-state index in [0.29, 0.717) is 13.0 Å². The van der Waals surface area contributed by atoms with Gasteiger partial charge in [-0.25, -0.2) is 0 Å². The van der Waals surface area contributed by atoms with Gasteiger partial charge in [-0.2, -0.15) is 0 Å². The summed E-state index contributed by atoms with van der Waals surface area (Å²) >= 11 is 0. The van der Waals surface area contributed by atoms with Crippen molar-refractivity contribution in [2.24, 2.45) is 5.92 Å². The van der Waals surface area contributed by atoms with Crippen LogP contribution in [0.1, 0.15) is 51.5 Å². The van der Waals surface area contributed by atoms with Gasteiger partial charge in [-0.3, -0.25) is 4.79 Å². The first-order valence-corrected chi connectivity index (χ1v) is 7.61. The van der Waals surface area contributed by atoms with E-state index in [4.69, 9.17) is 4.74 Å². The minimum Gasteiger partial charge on any atom is -0.508 e. The first-order chi connectivity index (χ1) is 9.67. The second-order valence-corrected chi connectivity index (χ2v) is 5.20. The number of esters is 1. The molecule has 0 radical (unpaired) electrons. The molecule has 1 N–H and O–H groups in total. The third-order valence-corrected chi connectivity index (χ3v) is 3.49. The molecule has 1 atom stereocenters. The SMILES string of the molecule is CCCCCCOC(=O)C(CC)Cc1ccc(O)cc1. The van der Waals surface area contributed by atoms with Crippen LogP contribution in [-0.2, 0) is 16.0 Å². The molecule has 0 saturated heterocycles. The topological polar surface area (TPSA) is 46.5 Å². The first-order valence-electron chi connectivity index (χ1n) is 7.61. The molecule has 1 unspecified atom stereocenters. The molecular formula is C17H26O3. The van der Waals surface area contributed by atoms with E-state index in [-0.39, 0.29) is 17.6 Å². The lowest BCUT2D eigenvalue weighted by atomic mass is 9.97. The average Bonchev–Trinajstić information content (AvgIpc) is 2.46. The Morgan fingerprint density at radius 2 is 1.85 bits per heavy atom. The summed E-state index contributed by atoms with van der Waals surface area (Å²) in [5, 5.41) is 9.25. The van der Waals surface area contributed by atoms with Crippen LogP contribution in [0, 0.1) is 5.92 Å². The Morgan fingerprint density at radius 1 is 1.15 bits per heavy atom. The van der Waals surface area contributed by atoms with Gasteiger partial charge in [-0.15, -0.1) is 0 Å². The van der Waals surface area contributed by atoms with Gasteiger partial charge in [0.25, 0.3) is 0 Å². The predicted molar refractivity (Wildman–Crippen MR) is 80.7 cm³/mol. The molecule has 0 bridgehead atoms. The number of phenols is 1. The van der Waals surface area contributed by atoms with Crippen molar-refractivity contribution in [1.29, 1.82) is 0 Å². The molecule has 0 aliphatic carbocycles. The fraction of sp³-hybridized carbons (Fsp3) is 0.588. The molecule has 0 amide bonds. The Bertz CT molecular complexity index is 384. The molecule has 3 nitrogen and oxygen atoms in total. The fourth-order valence-corrected chi connectivity index (χ4v) is 2.13. The number of aromatic hydroxyl groups is 1. The summed E-state index contributed by atoms with van der Waals surface area (Å²) in [6, 6.07) is 7.01. The summed E-state index contributed by atoms with van der Waals surface area (Å²) in [7, 11) is 0. The highest BCUT2D eigenvalue weighted by atomic mass is 16.5. The lowest BCUT2D eigenvalue weighted by Crippen LogP contribution is -2.20. The largest absolute Gasteiger partial charge is 0.508 e. The Balaban J connectivity index is 2.37. The van der Waals surface area contributed by atoms with E-state index in [2.05, 4.69) is 6.92 Å². The van der Waals surface area contributed by atoms with Gasteiger partial charge in [-0.1, -0.05) is 45.2 Å². The van der Waals surface area contributed by atoms with Gasteiger partial charge in [-0.05, 0) is 37.0 Å². The summed E-state index contributed by atoms with van der Waals surface area (Å²) in [4.78, 5) is 12.0. The molecule has 1 aromatic rings. The Hall–Kier alpha value is -1.51. The number of ether oxygens (including phenoxy) is 1. The third kappa shape index (κ3) is 6.09. The van der Waals surface area contributed by atoms with Crippen molar-refractivity contribution < 1.29 is 14.6 Å². The lowest BCUT2D eigenvalue weighted by molar-refractivity contribution is -0.148. The molecule has 0 aromatic heterocycles. The van der Waals surface area contributed by atoms with Gasteiger partial charge in [0.2, 0.25) is 0 Å². The van der Waals surface area contributed by atoms with Gasteiger partial charge in [0.05, 0.1) is 12.5 Å². The molecule has 20 heavy (non-hydrogen) atoms.